The molecule has 2 nitrogen and oxygen atoms in total. The number of hydrogen-bond donors (Lipinski definition) is 0. The molecule has 0 rings (SSSR count). The Balaban J connectivity index is 3.21. The Kier molecular flexibility index (Phi) is 10.4. The molecule has 0 aromatic carbocycles. The van der Waals surface area contributed by atoms with Gasteiger partial charge in [0.15, 0.2) is 0 Å². The molecule has 0 aromatic rings. The summed E-state index contributed by atoms with van der Waals surface area (Å²) < 4.78 is 0. The van der Waals surface area contributed by atoms with Crippen molar-refractivity contribution in [3.8, 4) is 0 Å². The first-order valence-corrected chi connectivity index (χ1v) is 6.68. The van der Waals surface area contributed by atoms with Gasteiger partial charge in [0.05, 0.1) is 0 Å². The van der Waals surface area contributed by atoms with E-state index in [1.807, 2.05) is 0 Å². The summed E-state index contributed by atoms with van der Waals surface area (Å²) in [5.41, 5.74) is 0. The van der Waals surface area contributed by atoms with Gasteiger partial charge < -0.3 is 4.79 Å². The highest BCUT2D eigenvalue weighted by Gasteiger charge is 2.02. The summed E-state index contributed by atoms with van der Waals surface area (Å²) in [6.45, 7) is 3.80. The predicted molar refractivity (Wildman–Crippen MR) is 67.5 cm³/mol. The highest BCUT2D eigenvalue weighted by atomic mass is 16.1. The van der Waals surface area contributed by atoms with Crippen LogP contribution in [-0.2, 0) is 9.59 Å². The van der Waals surface area contributed by atoms with Crippen molar-refractivity contribution in [3.63, 3.8) is 0 Å². The summed E-state index contributed by atoms with van der Waals surface area (Å²) in [7, 11) is 0. The molecule has 0 bridgehead atoms. The third kappa shape index (κ3) is 11.4. The quantitative estimate of drug-likeness (QED) is 0.498. The summed E-state index contributed by atoms with van der Waals surface area (Å²) >= 11 is 0. The summed E-state index contributed by atoms with van der Waals surface area (Å²) in [5, 5.41) is 0. The maximum Gasteiger partial charge on any atom is 0.132 e. The molecule has 0 saturated carbocycles. The molecule has 0 unspecified atom stereocenters. The lowest BCUT2D eigenvalue weighted by Gasteiger charge is -2.01. The summed E-state index contributed by atoms with van der Waals surface area (Å²) in [6, 6.07) is 0. The molecule has 0 amide bonds. The van der Waals surface area contributed by atoms with E-state index in [1.165, 1.54) is 25.7 Å². The number of unbranched alkanes of at least 4 members (excludes halogenated alkanes) is 5. The molecule has 94 valence electrons. The van der Waals surface area contributed by atoms with Crippen LogP contribution in [0.4, 0.5) is 0 Å². The predicted octanol–water partition coefficient (Wildman–Crippen LogP) is 4.07. The first kappa shape index (κ1) is 15.3. The topological polar surface area (TPSA) is 34.1 Å². The fourth-order valence-corrected chi connectivity index (χ4v) is 1.75. The number of carbonyl (C=O) groups excluding carboxylic acids is 2. The fraction of sp³-hybridized carbons (Fsp3) is 0.857. The van der Waals surface area contributed by atoms with Crippen LogP contribution in [0.25, 0.3) is 0 Å². The highest BCUT2D eigenvalue weighted by Crippen LogP contribution is 2.08. The van der Waals surface area contributed by atoms with Crippen molar-refractivity contribution in [2.75, 3.05) is 0 Å². The molecule has 0 aliphatic heterocycles. The Hall–Kier alpha value is -0.660. The normalized spacial score (nSPS) is 10.4. The zero-order chi connectivity index (χ0) is 12.2. The van der Waals surface area contributed by atoms with Gasteiger partial charge in [-0.05, 0) is 26.2 Å². The van der Waals surface area contributed by atoms with E-state index in [9.17, 15) is 9.59 Å². The van der Waals surface area contributed by atoms with Crippen molar-refractivity contribution in [2.24, 2.45) is 0 Å². The SMILES string of the molecule is CCCCCCCC(=O)CCCCC(C)=O. The second-order valence-corrected chi connectivity index (χ2v) is 4.61. The molecule has 0 radical (unpaired) electrons. The minimum Gasteiger partial charge on any atom is -0.300 e. The van der Waals surface area contributed by atoms with Crippen LogP contribution in [0.2, 0.25) is 0 Å². The first-order valence-electron chi connectivity index (χ1n) is 6.68. The van der Waals surface area contributed by atoms with Gasteiger partial charge in [0.1, 0.15) is 11.6 Å². The van der Waals surface area contributed by atoms with Crippen LogP contribution in [-0.4, -0.2) is 11.6 Å². The molecule has 0 heterocycles. The molecule has 0 N–H and O–H groups in total. The summed E-state index contributed by atoms with van der Waals surface area (Å²) in [4.78, 5) is 22.1. The van der Waals surface area contributed by atoms with Gasteiger partial charge in [-0.2, -0.15) is 0 Å². The van der Waals surface area contributed by atoms with Gasteiger partial charge in [-0.15, -0.1) is 0 Å². The van der Waals surface area contributed by atoms with Crippen LogP contribution < -0.4 is 0 Å². The van der Waals surface area contributed by atoms with Crippen molar-refractivity contribution in [1.82, 2.24) is 0 Å². The smallest absolute Gasteiger partial charge is 0.132 e. The second kappa shape index (κ2) is 10.8. The number of ketones is 2. The van der Waals surface area contributed by atoms with E-state index in [0.29, 0.717) is 18.6 Å². The van der Waals surface area contributed by atoms with E-state index in [1.54, 1.807) is 6.92 Å². The maximum absolute atomic E-state index is 11.4. The van der Waals surface area contributed by atoms with E-state index in [4.69, 9.17) is 0 Å². The fourth-order valence-electron chi connectivity index (χ4n) is 1.75. The Labute approximate surface area is 99.8 Å². The third-order valence-corrected chi connectivity index (χ3v) is 2.79. The molecule has 0 aliphatic rings. The molecule has 0 fully saturated rings. The summed E-state index contributed by atoms with van der Waals surface area (Å²) in [6.07, 6.45) is 9.82. The molecular formula is C14H26O2. The van der Waals surface area contributed by atoms with Crippen molar-refractivity contribution in [2.45, 2.75) is 78.1 Å². The third-order valence-electron chi connectivity index (χ3n) is 2.79. The molecule has 2 heteroatoms. The Morgan fingerprint density at radius 1 is 0.750 bits per heavy atom. The average Bonchev–Trinajstić information content (AvgIpc) is 2.24. The van der Waals surface area contributed by atoms with Crippen molar-refractivity contribution < 1.29 is 9.59 Å². The molecular weight excluding hydrogens is 200 g/mol. The number of hydrogen-bond acceptors (Lipinski definition) is 2. The van der Waals surface area contributed by atoms with Crippen LogP contribution in [0, 0.1) is 0 Å². The number of Topliss-reactive ketones (excluding diaryl/α,β-unsaturated/α-hetero) is 2. The zero-order valence-electron chi connectivity index (χ0n) is 10.9. The van der Waals surface area contributed by atoms with Crippen molar-refractivity contribution in [3.05, 3.63) is 0 Å². The van der Waals surface area contributed by atoms with E-state index < -0.39 is 0 Å². The van der Waals surface area contributed by atoms with Gasteiger partial charge in [0, 0.05) is 19.3 Å². The Bertz CT molecular complexity index is 197. The lowest BCUT2D eigenvalue weighted by Crippen LogP contribution is -1.98. The Morgan fingerprint density at radius 3 is 1.81 bits per heavy atom. The van der Waals surface area contributed by atoms with Crippen molar-refractivity contribution >= 4 is 11.6 Å². The minimum atomic E-state index is 0.229. The molecule has 16 heavy (non-hydrogen) atoms. The van der Waals surface area contributed by atoms with Gasteiger partial charge in [0.25, 0.3) is 0 Å². The van der Waals surface area contributed by atoms with E-state index in [0.717, 1.165) is 25.7 Å². The highest BCUT2D eigenvalue weighted by molar-refractivity contribution is 5.78. The minimum absolute atomic E-state index is 0.229. The largest absolute Gasteiger partial charge is 0.300 e. The van der Waals surface area contributed by atoms with Gasteiger partial charge in [0.2, 0.25) is 0 Å². The lowest BCUT2D eigenvalue weighted by molar-refractivity contribution is -0.120. The zero-order valence-corrected chi connectivity index (χ0v) is 10.9. The second-order valence-electron chi connectivity index (χ2n) is 4.61. The van der Waals surface area contributed by atoms with Crippen LogP contribution in [0.3, 0.4) is 0 Å². The van der Waals surface area contributed by atoms with E-state index in [-0.39, 0.29) is 5.78 Å². The van der Waals surface area contributed by atoms with Gasteiger partial charge in [-0.1, -0.05) is 32.6 Å². The van der Waals surface area contributed by atoms with Crippen LogP contribution >= 0.6 is 0 Å². The van der Waals surface area contributed by atoms with Gasteiger partial charge >= 0.3 is 0 Å². The summed E-state index contributed by atoms with van der Waals surface area (Å²) in [5.74, 6) is 0.604. The average molecular weight is 226 g/mol. The van der Waals surface area contributed by atoms with E-state index >= 15 is 0 Å². The molecule has 0 spiro atoms. The number of carbonyl (C=O) groups is 2. The van der Waals surface area contributed by atoms with E-state index in [2.05, 4.69) is 6.92 Å². The van der Waals surface area contributed by atoms with Crippen LogP contribution in [0.1, 0.15) is 78.1 Å². The molecule has 0 atom stereocenters. The van der Waals surface area contributed by atoms with Crippen LogP contribution in [0.15, 0.2) is 0 Å². The molecule has 0 aliphatic carbocycles. The number of rotatable bonds is 11. The first-order chi connectivity index (χ1) is 7.66. The monoisotopic (exact) mass is 226 g/mol. The van der Waals surface area contributed by atoms with Gasteiger partial charge in [-0.3, -0.25) is 4.79 Å². The molecule has 0 aromatic heterocycles. The molecule has 0 saturated heterocycles. The van der Waals surface area contributed by atoms with Crippen LogP contribution in [0.5, 0.6) is 0 Å². The Morgan fingerprint density at radius 2 is 1.25 bits per heavy atom. The standard InChI is InChI=1S/C14H26O2/c1-3-4-5-6-7-11-14(16)12-9-8-10-13(2)15/h3-12H2,1-2H3. The maximum atomic E-state index is 11.4. The lowest BCUT2D eigenvalue weighted by atomic mass is 10.0. The van der Waals surface area contributed by atoms with Gasteiger partial charge in [-0.25, -0.2) is 0 Å². The van der Waals surface area contributed by atoms with Crippen molar-refractivity contribution in [1.29, 1.82) is 0 Å².